The van der Waals surface area contributed by atoms with E-state index in [4.69, 9.17) is 4.74 Å². The zero-order valence-electron chi connectivity index (χ0n) is 14.2. The van der Waals surface area contributed by atoms with E-state index in [9.17, 15) is 4.79 Å². The summed E-state index contributed by atoms with van der Waals surface area (Å²) in [6, 6.07) is 13.8. The summed E-state index contributed by atoms with van der Waals surface area (Å²) in [7, 11) is 0. The molecule has 0 spiro atoms. The van der Waals surface area contributed by atoms with Crippen molar-refractivity contribution in [3.05, 3.63) is 66.0 Å². The van der Waals surface area contributed by atoms with Crippen molar-refractivity contribution in [1.29, 1.82) is 0 Å². The predicted octanol–water partition coefficient (Wildman–Crippen LogP) is 1.95. The molecule has 1 aromatic carbocycles. The Hall–Kier alpha value is -2.44. The summed E-state index contributed by atoms with van der Waals surface area (Å²) in [4.78, 5) is 18.7. The zero-order chi connectivity index (χ0) is 17.3. The van der Waals surface area contributed by atoms with Gasteiger partial charge in [0, 0.05) is 38.6 Å². The number of ether oxygens (including phenoxy) is 1. The average Bonchev–Trinajstić information content (AvgIpc) is 2.69. The Kier molecular flexibility index (Phi) is 6.36. The first kappa shape index (κ1) is 17.4. The van der Waals surface area contributed by atoms with Gasteiger partial charge in [0.1, 0.15) is 0 Å². The second-order valence-electron chi connectivity index (χ2n) is 6.00. The Morgan fingerprint density at radius 2 is 1.92 bits per heavy atom. The van der Waals surface area contributed by atoms with Crippen LogP contribution in [-0.2, 0) is 11.3 Å². The van der Waals surface area contributed by atoms with Crippen molar-refractivity contribution in [2.24, 2.45) is 0 Å². The number of nitrogens with one attached hydrogen (secondary N) is 2. The van der Waals surface area contributed by atoms with Gasteiger partial charge in [-0.05, 0) is 17.2 Å². The van der Waals surface area contributed by atoms with Gasteiger partial charge in [-0.2, -0.15) is 0 Å². The van der Waals surface area contributed by atoms with Crippen molar-refractivity contribution < 1.29 is 9.53 Å². The third-order valence-corrected chi connectivity index (χ3v) is 4.31. The predicted molar refractivity (Wildman–Crippen MR) is 96.1 cm³/mol. The van der Waals surface area contributed by atoms with Gasteiger partial charge in [-0.3, -0.25) is 9.88 Å². The van der Waals surface area contributed by atoms with Crippen molar-refractivity contribution in [3.8, 4) is 0 Å². The van der Waals surface area contributed by atoms with Gasteiger partial charge in [-0.1, -0.05) is 36.4 Å². The quantitative estimate of drug-likeness (QED) is 0.844. The molecule has 0 aliphatic carbocycles. The molecule has 0 radical (unpaired) electrons. The number of carbonyl (C=O) groups is 1. The fourth-order valence-electron chi connectivity index (χ4n) is 2.95. The van der Waals surface area contributed by atoms with E-state index < -0.39 is 0 Å². The molecular formula is C19H24N4O2. The Bertz CT molecular complexity index is 645. The van der Waals surface area contributed by atoms with E-state index in [1.807, 2.05) is 42.6 Å². The van der Waals surface area contributed by atoms with Gasteiger partial charge in [-0.25, -0.2) is 4.79 Å². The van der Waals surface area contributed by atoms with E-state index in [1.165, 1.54) is 0 Å². The van der Waals surface area contributed by atoms with Crippen LogP contribution in [0.1, 0.15) is 17.2 Å². The first-order valence-electron chi connectivity index (χ1n) is 8.60. The smallest absolute Gasteiger partial charge is 0.315 e. The van der Waals surface area contributed by atoms with E-state index in [0.717, 1.165) is 37.4 Å². The van der Waals surface area contributed by atoms with Gasteiger partial charge in [0.2, 0.25) is 0 Å². The average molecular weight is 340 g/mol. The maximum absolute atomic E-state index is 12.2. The standard InChI is InChI=1S/C19H24N4O2/c24-19(21-13-16-5-2-1-3-6-16)22-15-18(17-7-4-8-20-14-17)23-9-11-25-12-10-23/h1-8,14,18H,9-13,15H2,(H2,21,22,24). The molecular weight excluding hydrogens is 316 g/mol. The summed E-state index contributed by atoms with van der Waals surface area (Å²) < 4.78 is 5.44. The summed E-state index contributed by atoms with van der Waals surface area (Å²) in [6.07, 6.45) is 3.63. The molecule has 1 saturated heterocycles. The number of aromatic nitrogens is 1. The van der Waals surface area contributed by atoms with Crippen LogP contribution in [0.2, 0.25) is 0 Å². The number of pyridine rings is 1. The molecule has 1 unspecified atom stereocenters. The second kappa shape index (κ2) is 9.15. The largest absolute Gasteiger partial charge is 0.379 e. The third kappa shape index (κ3) is 5.27. The van der Waals surface area contributed by atoms with Crippen LogP contribution in [0, 0.1) is 0 Å². The van der Waals surface area contributed by atoms with Crippen LogP contribution in [0.4, 0.5) is 4.79 Å². The van der Waals surface area contributed by atoms with E-state index in [0.29, 0.717) is 13.1 Å². The van der Waals surface area contributed by atoms with Crippen LogP contribution in [0.15, 0.2) is 54.9 Å². The number of amides is 2. The number of hydrogen-bond donors (Lipinski definition) is 2. The molecule has 2 N–H and O–H groups in total. The van der Waals surface area contributed by atoms with Gasteiger partial charge in [0.05, 0.1) is 19.3 Å². The van der Waals surface area contributed by atoms with Gasteiger partial charge < -0.3 is 15.4 Å². The first-order chi connectivity index (χ1) is 12.3. The van der Waals surface area contributed by atoms with Crippen LogP contribution in [-0.4, -0.2) is 48.8 Å². The minimum atomic E-state index is -0.161. The number of benzene rings is 1. The van der Waals surface area contributed by atoms with Crippen LogP contribution in [0.25, 0.3) is 0 Å². The summed E-state index contributed by atoms with van der Waals surface area (Å²) in [5, 5.41) is 5.89. The lowest BCUT2D eigenvalue weighted by atomic mass is 10.1. The highest BCUT2D eigenvalue weighted by atomic mass is 16.5. The van der Waals surface area contributed by atoms with E-state index in [1.54, 1.807) is 6.20 Å². The SMILES string of the molecule is O=C(NCc1ccccc1)NCC(c1cccnc1)N1CCOCC1. The summed E-state index contributed by atoms with van der Waals surface area (Å²) in [5.74, 6) is 0. The number of rotatable bonds is 6. The van der Waals surface area contributed by atoms with Crippen LogP contribution in [0.5, 0.6) is 0 Å². The fourth-order valence-corrected chi connectivity index (χ4v) is 2.95. The molecule has 25 heavy (non-hydrogen) atoms. The highest BCUT2D eigenvalue weighted by Crippen LogP contribution is 2.20. The van der Waals surface area contributed by atoms with Gasteiger partial charge >= 0.3 is 6.03 Å². The van der Waals surface area contributed by atoms with Crippen LogP contribution in [0.3, 0.4) is 0 Å². The van der Waals surface area contributed by atoms with Gasteiger partial charge in [-0.15, -0.1) is 0 Å². The van der Waals surface area contributed by atoms with E-state index >= 15 is 0 Å². The fraction of sp³-hybridized carbons (Fsp3) is 0.368. The van der Waals surface area contributed by atoms with Gasteiger partial charge in [0.15, 0.2) is 0 Å². The van der Waals surface area contributed by atoms with Gasteiger partial charge in [0.25, 0.3) is 0 Å². The maximum atomic E-state index is 12.2. The molecule has 6 heteroatoms. The Balaban J connectivity index is 1.55. The zero-order valence-corrected chi connectivity index (χ0v) is 14.2. The number of nitrogens with zero attached hydrogens (tertiary/aromatic N) is 2. The molecule has 1 fully saturated rings. The summed E-state index contributed by atoms with van der Waals surface area (Å²) in [5.41, 5.74) is 2.18. The molecule has 1 aliphatic heterocycles. The Labute approximate surface area is 148 Å². The number of carbonyl (C=O) groups excluding carboxylic acids is 1. The third-order valence-electron chi connectivity index (χ3n) is 4.31. The molecule has 6 nitrogen and oxygen atoms in total. The minimum absolute atomic E-state index is 0.0973. The van der Waals surface area contributed by atoms with Crippen molar-refractivity contribution in [2.45, 2.75) is 12.6 Å². The molecule has 1 aliphatic rings. The molecule has 132 valence electrons. The van der Waals surface area contributed by atoms with Crippen molar-refractivity contribution in [3.63, 3.8) is 0 Å². The molecule has 2 aromatic rings. The monoisotopic (exact) mass is 340 g/mol. The van der Waals surface area contributed by atoms with Crippen molar-refractivity contribution in [2.75, 3.05) is 32.8 Å². The van der Waals surface area contributed by atoms with Crippen LogP contribution < -0.4 is 10.6 Å². The summed E-state index contributed by atoms with van der Waals surface area (Å²) >= 11 is 0. The van der Waals surface area contributed by atoms with E-state index in [-0.39, 0.29) is 12.1 Å². The number of morpholine rings is 1. The molecule has 2 heterocycles. The first-order valence-corrected chi connectivity index (χ1v) is 8.60. The Morgan fingerprint density at radius 3 is 2.64 bits per heavy atom. The maximum Gasteiger partial charge on any atom is 0.315 e. The lowest BCUT2D eigenvalue weighted by molar-refractivity contribution is 0.0166. The Morgan fingerprint density at radius 1 is 1.12 bits per heavy atom. The minimum Gasteiger partial charge on any atom is -0.379 e. The second-order valence-corrected chi connectivity index (χ2v) is 6.00. The van der Waals surface area contributed by atoms with Crippen molar-refractivity contribution in [1.82, 2.24) is 20.5 Å². The van der Waals surface area contributed by atoms with Crippen molar-refractivity contribution >= 4 is 6.03 Å². The summed E-state index contributed by atoms with van der Waals surface area (Å²) in [6.45, 7) is 4.20. The molecule has 2 amide bonds. The molecule has 0 saturated carbocycles. The molecule has 0 bridgehead atoms. The number of urea groups is 1. The normalized spacial score (nSPS) is 16.2. The highest BCUT2D eigenvalue weighted by molar-refractivity contribution is 5.73. The van der Waals surface area contributed by atoms with E-state index in [2.05, 4.69) is 26.6 Å². The topological polar surface area (TPSA) is 66.5 Å². The molecule has 1 aromatic heterocycles. The lowest BCUT2D eigenvalue weighted by Crippen LogP contribution is -2.45. The highest BCUT2D eigenvalue weighted by Gasteiger charge is 2.23. The van der Waals surface area contributed by atoms with Crippen LogP contribution >= 0.6 is 0 Å². The molecule has 3 rings (SSSR count). The number of hydrogen-bond acceptors (Lipinski definition) is 4. The lowest BCUT2D eigenvalue weighted by Gasteiger charge is -2.34. The molecule has 1 atom stereocenters.